The molecular weight excluding hydrogens is 507 g/mol. The Hall–Kier alpha value is -3.91. The van der Waals surface area contributed by atoms with Gasteiger partial charge in [0.2, 0.25) is 11.8 Å². The Balaban J connectivity index is 1.72. The number of halogens is 2. The van der Waals surface area contributed by atoms with Gasteiger partial charge in [-0.15, -0.1) is 0 Å². The number of hydrogen-bond acceptors (Lipinski definition) is 3. The number of nitrogens with one attached hydrogen (secondary N) is 3. The summed E-state index contributed by atoms with van der Waals surface area (Å²) in [7, 11) is 0. The molecule has 38 heavy (non-hydrogen) atoms. The number of nitrogens with zero attached hydrogens (tertiary/aromatic N) is 1. The maximum atomic E-state index is 15.0. The quantitative estimate of drug-likeness (QED) is 0.405. The number of benzene rings is 3. The van der Waals surface area contributed by atoms with E-state index in [1.54, 1.807) is 54.6 Å². The van der Waals surface area contributed by atoms with Crippen LogP contribution in [-0.4, -0.2) is 36.0 Å². The van der Waals surface area contributed by atoms with Crippen molar-refractivity contribution in [2.24, 2.45) is 0 Å². The van der Waals surface area contributed by atoms with Crippen molar-refractivity contribution in [1.82, 2.24) is 10.6 Å². The molecule has 0 aliphatic carbocycles. The van der Waals surface area contributed by atoms with Gasteiger partial charge in [0, 0.05) is 27.9 Å². The van der Waals surface area contributed by atoms with Gasteiger partial charge in [0.1, 0.15) is 18.4 Å². The zero-order chi connectivity index (χ0) is 27.4. The second kappa shape index (κ2) is 11.2. The van der Waals surface area contributed by atoms with E-state index < -0.39 is 35.3 Å². The standard InChI is InChI=1S/C29H30ClFN4O3/c1-29(2,3)34-26(36)17-35-25-14-7-5-12-21(25)22(20-11-4-6-13-23(20)31)16-24(27(35)37)33-28(38)32-19-10-8-9-18(30)15-19/h4-15,22,24H,16-17H2,1-3H3,(H,34,36)(H2,32,33,38). The maximum Gasteiger partial charge on any atom is 0.319 e. The van der Waals surface area contributed by atoms with Gasteiger partial charge in [-0.1, -0.05) is 54.1 Å². The van der Waals surface area contributed by atoms with Crippen molar-refractivity contribution in [2.75, 3.05) is 16.8 Å². The number of amides is 4. The topological polar surface area (TPSA) is 90.5 Å². The molecule has 2 atom stereocenters. The maximum absolute atomic E-state index is 15.0. The van der Waals surface area contributed by atoms with E-state index in [1.807, 2.05) is 32.9 Å². The van der Waals surface area contributed by atoms with E-state index in [2.05, 4.69) is 16.0 Å². The summed E-state index contributed by atoms with van der Waals surface area (Å²) in [5.41, 5.74) is 1.53. The highest BCUT2D eigenvalue weighted by molar-refractivity contribution is 6.30. The molecule has 0 spiro atoms. The molecule has 0 saturated heterocycles. The minimum atomic E-state index is -1.05. The molecule has 9 heteroatoms. The van der Waals surface area contributed by atoms with E-state index in [-0.39, 0.29) is 18.9 Å². The van der Waals surface area contributed by atoms with Crippen molar-refractivity contribution in [3.63, 3.8) is 0 Å². The normalized spacial score (nSPS) is 17.3. The monoisotopic (exact) mass is 536 g/mol. The van der Waals surface area contributed by atoms with Gasteiger partial charge in [-0.2, -0.15) is 0 Å². The molecule has 0 radical (unpaired) electrons. The largest absolute Gasteiger partial charge is 0.350 e. The van der Waals surface area contributed by atoms with Crippen LogP contribution in [0.1, 0.15) is 44.2 Å². The third kappa shape index (κ3) is 6.50. The average molecular weight is 537 g/mol. The van der Waals surface area contributed by atoms with E-state index in [0.29, 0.717) is 27.5 Å². The molecule has 1 aliphatic heterocycles. The zero-order valence-corrected chi connectivity index (χ0v) is 22.2. The Morgan fingerprint density at radius 3 is 2.37 bits per heavy atom. The summed E-state index contributed by atoms with van der Waals surface area (Å²) in [4.78, 5) is 41.1. The van der Waals surface area contributed by atoms with Crippen LogP contribution in [0.2, 0.25) is 5.02 Å². The highest BCUT2D eigenvalue weighted by Crippen LogP contribution is 2.40. The summed E-state index contributed by atoms with van der Waals surface area (Å²) in [5.74, 6) is -1.79. The lowest BCUT2D eigenvalue weighted by atomic mass is 9.85. The molecule has 0 bridgehead atoms. The highest BCUT2D eigenvalue weighted by Gasteiger charge is 2.38. The van der Waals surface area contributed by atoms with E-state index in [1.165, 1.54) is 11.0 Å². The Bertz CT molecular complexity index is 1360. The van der Waals surface area contributed by atoms with Gasteiger partial charge in [0.25, 0.3) is 0 Å². The number of urea groups is 1. The van der Waals surface area contributed by atoms with Crippen molar-refractivity contribution < 1.29 is 18.8 Å². The summed E-state index contributed by atoms with van der Waals surface area (Å²) >= 11 is 6.03. The predicted molar refractivity (Wildman–Crippen MR) is 147 cm³/mol. The van der Waals surface area contributed by atoms with Gasteiger partial charge in [-0.3, -0.25) is 9.59 Å². The molecule has 2 unspecified atom stereocenters. The lowest BCUT2D eigenvalue weighted by molar-refractivity contribution is -0.125. The Kier molecular flexibility index (Phi) is 8.02. The number of carbonyl (C=O) groups is 3. The molecule has 4 rings (SSSR count). The Morgan fingerprint density at radius 2 is 1.68 bits per heavy atom. The fourth-order valence-electron chi connectivity index (χ4n) is 4.63. The van der Waals surface area contributed by atoms with Crippen molar-refractivity contribution in [3.05, 3.63) is 94.8 Å². The minimum Gasteiger partial charge on any atom is -0.350 e. The summed E-state index contributed by atoms with van der Waals surface area (Å²) in [6.45, 7) is 5.29. The molecule has 1 aliphatic rings. The van der Waals surface area contributed by atoms with E-state index in [9.17, 15) is 14.4 Å². The predicted octanol–water partition coefficient (Wildman–Crippen LogP) is 5.45. The molecule has 198 valence electrons. The first-order chi connectivity index (χ1) is 18.0. The molecule has 0 saturated carbocycles. The number of anilines is 2. The van der Waals surface area contributed by atoms with Crippen LogP contribution in [0.3, 0.4) is 0 Å². The molecule has 1 heterocycles. The molecule has 4 amide bonds. The lowest BCUT2D eigenvalue weighted by Crippen LogP contribution is -2.53. The fourth-order valence-corrected chi connectivity index (χ4v) is 4.82. The van der Waals surface area contributed by atoms with Crippen LogP contribution in [-0.2, 0) is 9.59 Å². The summed E-state index contributed by atoms with van der Waals surface area (Å²) in [6.07, 6.45) is 0.0944. The van der Waals surface area contributed by atoms with Crippen LogP contribution in [0.4, 0.5) is 20.6 Å². The molecule has 3 aromatic rings. The Morgan fingerprint density at radius 1 is 1.00 bits per heavy atom. The van der Waals surface area contributed by atoms with Crippen LogP contribution in [0.15, 0.2) is 72.8 Å². The zero-order valence-electron chi connectivity index (χ0n) is 21.4. The van der Waals surface area contributed by atoms with Gasteiger partial charge in [-0.05, 0) is 68.7 Å². The molecule has 7 nitrogen and oxygen atoms in total. The van der Waals surface area contributed by atoms with Gasteiger partial charge < -0.3 is 20.9 Å². The average Bonchev–Trinajstić information content (AvgIpc) is 2.94. The third-order valence-corrected chi connectivity index (χ3v) is 6.36. The van der Waals surface area contributed by atoms with Crippen molar-refractivity contribution in [2.45, 2.75) is 44.7 Å². The lowest BCUT2D eigenvalue weighted by Gasteiger charge is -2.28. The summed E-state index contributed by atoms with van der Waals surface area (Å²) < 4.78 is 15.0. The van der Waals surface area contributed by atoms with E-state index >= 15 is 4.39 Å². The molecule has 3 N–H and O–H groups in total. The molecular formula is C29H30ClFN4O3. The first-order valence-electron chi connectivity index (χ1n) is 12.3. The SMILES string of the molecule is CC(C)(C)NC(=O)CN1C(=O)C(NC(=O)Nc2cccc(Cl)c2)CC(c2ccccc2F)c2ccccc21. The second-order valence-corrected chi connectivity index (χ2v) is 10.7. The smallest absolute Gasteiger partial charge is 0.319 e. The fraction of sp³-hybridized carbons (Fsp3) is 0.276. The number of rotatable bonds is 5. The third-order valence-electron chi connectivity index (χ3n) is 6.12. The molecule has 0 fully saturated rings. The number of hydrogen-bond donors (Lipinski definition) is 3. The highest BCUT2D eigenvalue weighted by atomic mass is 35.5. The first-order valence-corrected chi connectivity index (χ1v) is 12.7. The van der Waals surface area contributed by atoms with Crippen LogP contribution in [0.25, 0.3) is 0 Å². The summed E-state index contributed by atoms with van der Waals surface area (Å²) in [6, 6.07) is 18.5. The van der Waals surface area contributed by atoms with Gasteiger partial charge >= 0.3 is 6.03 Å². The van der Waals surface area contributed by atoms with Crippen LogP contribution in [0, 0.1) is 5.82 Å². The minimum absolute atomic E-state index is 0.0944. The number of para-hydroxylation sites is 1. The van der Waals surface area contributed by atoms with Gasteiger partial charge in [-0.25, -0.2) is 9.18 Å². The molecule has 0 aromatic heterocycles. The van der Waals surface area contributed by atoms with Gasteiger partial charge in [0.05, 0.1) is 0 Å². The Labute approximate surface area is 226 Å². The van der Waals surface area contributed by atoms with Crippen molar-refractivity contribution in [1.29, 1.82) is 0 Å². The van der Waals surface area contributed by atoms with Crippen molar-refractivity contribution >= 4 is 40.8 Å². The first kappa shape index (κ1) is 27.1. The van der Waals surface area contributed by atoms with Crippen molar-refractivity contribution in [3.8, 4) is 0 Å². The van der Waals surface area contributed by atoms with E-state index in [4.69, 9.17) is 11.6 Å². The van der Waals surface area contributed by atoms with Crippen LogP contribution in [0.5, 0.6) is 0 Å². The van der Waals surface area contributed by atoms with Crippen LogP contribution < -0.4 is 20.9 Å². The summed E-state index contributed by atoms with van der Waals surface area (Å²) in [5, 5.41) is 8.75. The van der Waals surface area contributed by atoms with Crippen LogP contribution >= 0.6 is 11.6 Å². The van der Waals surface area contributed by atoms with Gasteiger partial charge in [0.15, 0.2) is 0 Å². The number of fused-ring (bicyclic) bond motifs is 1. The molecule has 3 aromatic carbocycles. The van der Waals surface area contributed by atoms with E-state index in [0.717, 1.165) is 0 Å². The number of carbonyl (C=O) groups excluding carboxylic acids is 3. The second-order valence-electron chi connectivity index (χ2n) is 10.3.